The fourth-order valence-electron chi connectivity index (χ4n) is 2.10. The molecule has 0 atom stereocenters. The van der Waals surface area contributed by atoms with E-state index in [-0.39, 0.29) is 5.56 Å². The normalized spacial score (nSPS) is 10.0. The van der Waals surface area contributed by atoms with Crippen molar-refractivity contribution in [3.8, 4) is 11.5 Å². The number of rotatable bonds is 4. The molecule has 0 bridgehead atoms. The van der Waals surface area contributed by atoms with E-state index in [1.807, 2.05) is 32.0 Å². The summed E-state index contributed by atoms with van der Waals surface area (Å²) in [5.41, 5.74) is 2.39. The Labute approximate surface area is 123 Å². The van der Waals surface area contributed by atoms with Gasteiger partial charge in [-0.3, -0.25) is 9.59 Å². The minimum Gasteiger partial charge on any atom is -0.457 e. The van der Waals surface area contributed by atoms with Crippen molar-refractivity contribution in [1.29, 1.82) is 0 Å². The van der Waals surface area contributed by atoms with Crippen molar-refractivity contribution >= 4 is 11.7 Å². The van der Waals surface area contributed by atoms with Crippen molar-refractivity contribution < 1.29 is 14.3 Å². The minimum atomic E-state index is -0.661. The van der Waals surface area contributed by atoms with E-state index < -0.39 is 11.7 Å². The number of likely N-dealkylation sites (N-methyl/N-ethyl adjacent to an activating group) is 1. The monoisotopic (exact) mass is 283 g/mol. The van der Waals surface area contributed by atoms with Gasteiger partial charge in [0.05, 0.1) is 5.56 Å². The number of carbonyl (C=O) groups excluding carboxylic acids is 2. The molecule has 0 unspecified atom stereocenters. The summed E-state index contributed by atoms with van der Waals surface area (Å²) in [6, 6.07) is 12.5. The first-order valence-corrected chi connectivity index (χ1v) is 6.63. The van der Waals surface area contributed by atoms with E-state index in [1.54, 1.807) is 24.3 Å². The van der Waals surface area contributed by atoms with E-state index in [0.29, 0.717) is 11.5 Å². The van der Waals surface area contributed by atoms with Gasteiger partial charge in [-0.1, -0.05) is 18.2 Å². The molecule has 2 rings (SSSR count). The van der Waals surface area contributed by atoms with Crippen LogP contribution in [-0.2, 0) is 4.79 Å². The van der Waals surface area contributed by atoms with Crippen molar-refractivity contribution in [2.75, 3.05) is 7.05 Å². The molecule has 0 heterocycles. The van der Waals surface area contributed by atoms with Gasteiger partial charge in [0.15, 0.2) is 0 Å². The number of aryl methyl sites for hydroxylation is 2. The summed E-state index contributed by atoms with van der Waals surface area (Å²) in [6.45, 7) is 3.95. The van der Waals surface area contributed by atoms with Crippen LogP contribution < -0.4 is 10.1 Å². The Morgan fingerprint density at radius 3 is 2.24 bits per heavy atom. The van der Waals surface area contributed by atoms with Gasteiger partial charge in [-0.05, 0) is 49.2 Å². The molecule has 0 spiro atoms. The zero-order valence-corrected chi connectivity index (χ0v) is 12.3. The molecule has 2 aromatic carbocycles. The fraction of sp³-hybridized carbons (Fsp3) is 0.176. The molecule has 108 valence electrons. The maximum Gasteiger partial charge on any atom is 0.292 e. The maximum atomic E-state index is 12.0. The fourth-order valence-corrected chi connectivity index (χ4v) is 2.10. The first kappa shape index (κ1) is 14.8. The number of ketones is 1. The number of carbonyl (C=O) groups is 2. The van der Waals surface area contributed by atoms with Gasteiger partial charge in [-0.2, -0.15) is 0 Å². The molecule has 0 radical (unpaired) electrons. The van der Waals surface area contributed by atoms with Gasteiger partial charge < -0.3 is 10.1 Å². The molecule has 2 aromatic rings. The molecule has 0 aliphatic heterocycles. The average molecular weight is 283 g/mol. The Morgan fingerprint density at radius 2 is 1.62 bits per heavy atom. The smallest absolute Gasteiger partial charge is 0.292 e. The Balaban J connectivity index is 2.36. The molecule has 4 nitrogen and oxygen atoms in total. The zero-order valence-electron chi connectivity index (χ0n) is 12.3. The molecule has 21 heavy (non-hydrogen) atoms. The highest BCUT2D eigenvalue weighted by molar-refractivity contribution is 6.43. The van der Waals surface area contributed by atoms with Crippen LogP contribution in [0.25, 0.3) is 0 Å². The van der Waals surface area contributed by atoms with E-state index >= 15 is 0 Å². The van der Waals surface area contributed by atoms with Gasteiger partial charge in [-0.15, -0.1) is 0 Å². The predicted molar refractivity (Wildman–Crippen MR) is 80.8 cm³/mol. The van der Waals surface area contributed by atoms with Crippen LogP contribution in [0, 0.1) is 13.8 Å². The number of para-hydroxylation sites is 1. The summed E-state index contributed by atoms with van der Waals surface area (Å²) < 4.78 is 5.79. The van der Waals surface area contributed by atoms with Crippen molar-refractivity contribution in [2.24, 2.45) is 0 Å². The first-order chi connectivity index (χ1) is 10.0. The number of benzene rings is 2. The number of ether oxygens (including phenoxy) is 1. The highest BCUT2D eigenvalue weighted by atomic mass is 16.5. The number of hydrogen-bond donors (Lipinski definition) is 1. The molecule has 1 N–H and O–H groups in total. The second-order valence-corrected chi connectivity index (χ2v) is 4.83. The standard InChI is InChI=1S/C17H17NO3/c1-11-8-12(2)10-13(9-11)21-15-7-5-4-6-14(15)16(19)17(20)18-3/h4-10H,1-3H3,(H,18,20). The van der Waals surface area contributed by atoms with Crippen LogP contribution in [0.15, 0.2) is 42.5 Å². The maximum absolute atomic E-state index is 12.0. The molecule has 0 aliphatic carbocycles. The summed E-state index contributed by atoms with van der Waals surface area (Å²) in [4.78, 5) is 23.5. The molecule has 1 amide bonds. The molecular formula is C17H17NO3. The van der Waals surface area contributed by atoms with Gasteiger partial charge in [0, 0.05) is 7.05 Å². The minimum absolute atomic E-state index is 0.246. The zero-order chi connectivity index (χ0) is 15.4. The molecule has 0 fully saturated rings. The van der Waals surface area contributed by atoms with Crippen LogP contribution in [0.1, 0.15) is 21.5 Å². The van der Waals surface area contributed by atoms with Crippen molar-refractivity contribution in [1.82, 2.24) is 5.32 Å². The van der Waals surface area contributed by atoms with Gasteiger partial charge in [0.2, 0.25) is 0 Å². The Bertz CT molecular complexity index is 672. The highest BCUT2D eigenvalue weighted by Crippen LogP contribution is 2.27. The number of nitrogens with one attached hydrogen (secondary N) is 1. The van der Waals surface area contributed by atoms with Gasteiger partial charge in [-0.25, -0.2) is 0 Å². The van der Waals surface area contributed by atoms with E-state index in [2.05, 4.69) is 5.32 Å². The lowest BCUT2D eigenvalue weighted by atomic mass is 10.1. The Kier molecular flexibility index (Phi) is 4.38. The molecule has 0 saturated carbocycles. The largest absolute Gasteiger partial charge is 0.457 e. The lowest BCUT2D eigenvalue weighted by Crippen LogP contribution is -2.27. The third-order valence-electron chi connectivity index (χ3n) is 2.99. The van der Waals surface area contributed by atoms with Crippen LogP contribution in [0.3, 0.4) is 0 Å². The van der Waals surface area contributed by atoms with E-state index in [0.717, 1.165) is 11.1 Å². The topological polar surface area (TPSA) is 55.4 Å². The molecule has 0 saturated heterocycles. The summed E-state index contributed by atoms with van der Waals surface area (Å²) in [5, 5.41) is 2.33. The van der Waals surface area contributed by atoms with E-state index in [4.69, 9.17) is 4.74 Å². The summed E-state index contributed by atoms with van der Waals surface area (Å²) >= 11 is 0. The van der Waals surface area contributed by atoms with Crippen molar-refractivity contribution in [3.63, 3.8) is 0 Å². The predicted octanol–water partition coefficient (Wildman–Crippen LogP) is 3.02. The average Bonchev–Trinajstić information content (AvgIpc) is 2.45. The molecule has 0 aliphatic rings. The Morgan fingerprint density at radius 1 is 1.00 bits per heavy atom. The van der Waals surface area contributed by atoms with E-state index in [1.165, 1.54) is 7.05 Å². The summed E-state index contributed by atoms with van der Waals surface area (Å²) in [7, 11) is 1.42. The number of amides is 1. The second-order valence-electron chi connectivity index (χ2n) is 4.83. The third-order valence-corrected chi connectivity index (χ3v) is 2.99. The first-order valence-electron chi connectivity index (χ1n) is 6.63. The molecular weight excluding hydrogens is 266 g/mol. The lowest BCUT2D eigenvalue weighted by Gasteiger charge is -2.11. The van der Waals surface area contributed by atoms with E-state index in [9.17, 15) is 9.59 Å². The summed E-state index contributed by atoms with van der Waals surface area (Å²) in [6.07, 6.45) is 0. The van der Waals surface area contributed by atoms with Crippen molar-refractivity contribution in [2.45, 2.75) is 13.8 Å². The number of hydrogen-bond acceptors (Lipinski definition) is 3. The lowest BCUT2D eigenvalue weighted by molar-refractivity contribution is -0.116. The Hall–Kier alpha value is -2.62. The SMILES string of the molecule is CNC(=O)C(=O)c1ccccc1Oc1cc(C)cc(C)c1. The van der Waals surface area contributed by atoms with Crippen LogP contribution in [0.2, 0.25) is 0 Å². The van der Waals surface area contributed by atoms with Gasteiger partial charge >= 0.3 is 0 Å². The second kappa shape index (κ2) is 6.22. The summed E-state index contributed by atoms with van der Waals surface area (Å²) in [5.74, 6) is -0.260. The number of Topliss-reactive ketones (excluding diaryl/α,β-unsaturated/α-hetero) is 1. The van der Waals surface area contributed by atoms with Crippen molar-refractivity contribution in [3.05, 3.63) is 59.2 Å². The van der Waals surface area contributed by atoms with Gasteiger partial charge in [0.25, 0.3) is 11.7 Å². The van der Waals surface area contributed by atoms with Gasteiger partial charge in [0.1, 0.15) is 11.5 Å². The van der Waals surface area contributed by atoms with Crippen LogP contribution in [0.4, 0.5) is 0 Å². The molecule has 4 heteroatoms. The molecule has 0 aromatic heterocycles. The van der Waals surface area contributed by atoms with Crippen LogP contribution in [0.5, 0.6) is 11.5 Å². The van der Waals surface area contributed by atoms with Crippen LogP contribution >= 0.6 is 0 Å². The van der Waals surface area contributed by atoms with Crippen LogP contribution in [-0.4, -0.2) is 18.7 Å². The quantitative estimate of drug-likeness (QED) is 0.693. The third kappa shape index (κ3) is 3.48. The highest BCUT2D eigenvalue weighted by Gasteiger charge is 2.19.